The van der Waals surface area contributed by atoms with E-state index in [1.807, 2.05) is 30.3 Å². The summed E-state index contributed by atoms with van der Waals surface area (Å²) in [4.78, 5) is 10.5. The number of halogens is 1. The monoisotopic (exact) mass is 189 g/mol. The van der Waals surface area contributed by atoms with Gasteiger partial charge in [0.15, 0.2) is 0 Å². The molecule has 0 aliphatic carbocycles. The Morgan fingerprint density at radius 3 is 2.62 bits per heavy atom. The fraction of sp³-hybridized carbons (Fsp3) is 0. The first-order valence-electron chi connectivity index (χ1n) is 3.88. The zero-order valence-corrected chi connectivity index (χ0v) is 7.51. The molecule has 0 atom stereocenters. The summed E-state index contributed by atoms with van der Waals surface area (Å²) in [6, 6.07) is 11.2. The molecule has 0 heterocycles. The zero-order valence-electron chi connectivity index (χ0n) is 6.75. The quantitative estimate of drug-likeness (QED) is 0.674. The van der Waals surface area contributed by atoms with Gasteiger partial charge in [0.25, 0.3) is 0 Å². The Bertz CT molecular complexity index is 463. The van der Waals surface area contributed by atoms with E-state index in [9.17, 15) is 4.79 Å². The van der Waals surface area contributed by atoms with Gasteiger partial charge in [-0.2, -0.15) is 0 Å². The van der Waals surface area contributed by atoms with Crippen LogP contribution in [0, 0.1) is 0 Å². The predicted octanol–water partition coefficient (Wildman–Crippen LogP) is 2.95. The van der Waals surface area contributed by atoms with Crippen LogP contribution in [0.5, 0.6) is 0 Å². The molecule has 0 saturated carbocycles. The highest BCUT2D eigenvalue weighted by molar-refractivity contribution is 6.37. The van der Waals surface area contributed by atoms with E-state index in [1.165, 1.54) is 0 Å². The SMILES string of the molecule is O=[C]c1ccc2ccccc2c1Cl. The summed E-state index contributed by atoms with van der Waals surface area (Å²) in [5.41, 5.74) is 0.417. The van der Waals surface area contributed by atoms with Crippen molar-refractivity contribution >= 4 is 28.7 Å². The summed E-state index contributed by atoms with van der Waals surface area (Å²) in [6.45, 7) is 0. The highest BCUT2D eigenvalue weighted by Gasteiger charge is 2.03. The van der Waals surface area contributed by atoms with E-state index >= 15 is 0 Å². The van der Waals surface area contributed by atoms with Crippen molar-refractivity contribution in [3.8, 4) is 0 Å². The van der Waals surface area contributed by atoms with Crippen LogP contribution in [0.4, 0.5) is 0 Å². The molecule has 0 aliphatic heterocycles. The van der Waals surface area contributed by atoms with Crippen LogP contribution in [0.15, 0.2) is 36.4 Å². The lowest BCUT2D eigenvalue weighted by atomic mass is 10.1. The lowest BCUT2D eigenvalue weighted by Crippen LogP contribution is -1.83. The van der Waals surface area contributed by atoms with Crippen molar-refractivity contribution in [1.29, 1.82) is 0 Å². The maximum absolute atomic E-state index is 10.5. The van der Waals surface area contributed by atoms with Crippen molar-refractivity contribution in [2.24, 2.45) is 0 Å². The Morgan fingerprint density at radius 2 is 1.85 bits per heavy atom. The maximum Gasteiger partial charge on any atom is 0.235 e. The molecule has 2 aromatic rings. The minimum atomic E-state index is 0.417. The molecule has 0 aromatic heterocycles. The average Bonchev–Trinajstić information content (AvgIpc) is 2.19. The molecule has 0 fully saturated rings. The van der Waals surface area contributed by atoms with Crippen LogP contribution in [0.25, 0.3) is 10.8 Å². The molecule has 0 aliphatic rings. The van der Waals surface area contributed by atoms with Gasteiger partial charge < -0.3 is 0 Å². The molecule has 0 spiro atoms. The summed E-state index contributed by atoms with van der Waals surface area (Å²) in [6.07, 6.45) is 1.81. The summed E-state index contributed by atoms with van der Waals surface area (Å²) >= 11 is 5.98. The van der Waals surface area contributed by atoms with Crippen LogP contribution >= 0.6 is 11.6 Å². The lowest BCUT2D eigenvalue weighted by molar-refractivity contribution is 0.563. The highest BCUT2D eigenvalue weighted by Crippen LogP contribution is 2.25. The van der Waals surface area contributed by atoms with E-state index in [0.29, 0.717) is 10.6 Å². The fourth-order valence-corrected chi connectivity index (χ4v) is 1.59. The fourth-order valence-electron chi connectivity index (χ4n) is 1.31. The Balaban J connectivity index is 2.86. The molecule has 13 heavy (non-hydrogen) atoms. The Labute approximate surface area is 80.9 Å². The molecule has 0 unspecified atom stereocenters. The molecule has 0 amide bonds. The van der Waals surface area contributed by atoms with E-state index in [1.54, 1.807) is 12.4 Å². The number of carbonyl (C=O) groups excluding carboxylic acids is 1. The van der Waals surface area contributed by atoms with Gasteiger partial charge in [-0.3, -0.25) is 4.79 Å². The first-order valence-corrected chi connectivity index (χ1v) is 4.26. The molecule has 2 rings (SSSR count). The van der Waals surface area contributed by atoms with Gasteiger partial charge in [0.1, 0.15) is 0 Å². The van der Waals surface area contributed by atoms with Crippen molar-refractivity contribution < 1.29 is 4.79 Å². The van der Waals surface area contributed by atoms with Gasteiger partial charge in [0, 0.05) is 10.9 Å². The number of rotatable bonds is 1. The molecule has 0 N–H and O–H groups in total. The van der Waals surface area contributed by atoms with Crippen LogP contribution < -0.4 is 0 Å². The molecular weight excluding hydrogens is 184 g/mol. The topological polar surface area (TPSA) is 17.1 Å². The summed E-state index contributed by atoms with van der Waals surface area (Å²) in [5, 5.41) is 2.41. The van der Waals surface area contributed by atoms with Gasteiger partial charge in [0.2, 0.25) is 6.29 Å². The first-order chi connectivity index (χ1) is 6.33. The minimum absolute atomic E-state index is 0.417. The van der Waals surface area contributed by atoms with E-state index in [-0.39, 0.29) is 0 Å². The normalized spacial score (nSPS) is 10.2. The zero-order chi connectivity index (χ0) is 9.26. The summed E-state index contributed by atoms with van der Waals surface area (Å²) < 4.78 is 0. The van der Waals surface area contributed by atoms with Gasteiger partial charge in [-0.15, -0.1) is 0 Å². The molecule has 2 aromatic carbocycles. The van der Waals surface area contributed by atoms with Crippen molar-refractivity contribution in [2.75, 3.05) is 0 Å². The minimum Gasteiger partial charge on any atom is -0.285 e. The number of fused-ring (bicyclic) bond motifs is 1. The van der Waals surface area contributed by atoms with Crippen molar-refractivity contribution in [3.05, 3.63) is 47.0 Å². The molecule has 0 bridgehead atoms. The van der Waals surface area contributed by atoms with E-state index < -0.39 is 0 Å². The number of benzene rings is 2. The molecule has 2 heteroatoms. The second kappa shape index (κ2) is 3.19. The van der Waals surface area contributed by atoms with Crippen LogP contribution in [0.2, 0.25) is 5.02 Å². The highest BCUT2D eigenvalue weighted by atomic mass is 35.5. The van der Waals surface area contributed by atoms with E-state index in [4.69, 9.17) is 11.6 Å². The average molecular weight is 190 g/mol. The smallest absolute Gasteiger partial charge is 0.235 e. The van der Waals surface area contributed by atoms with Gasteiger partial charge >= 0.3 is 0 Å². The third-order valence-corrected chi connectivity index (χ3v) is 2.38. The first kappa shape index (κ1) is 8.27. The van der Waals surface area contributed by atoms with Crippen molar-refractivity contribution in [1.82, 2.24) is 0 Å². The van der Waals surface area contributed by atoms with Gasteiger partial charge in [-0.25, -0.2) is 0 Å². The van der Waals surface area contributed by atoms with Gasteiger partial charge in [-0.1, -0.05) is 41.9 Å². The van der Waals surface area contributed by atoms with Gasteiger partial charge in [-0.05, 0) is 11.5 Å². The summed E-state index contributed by atoms with van der Waals surface area (Å²) in [5.74, 6) is 0. The lowest BCUT2D eigenvalue weighted by Gasteiger charge is -2.00. The molecule has 1 nitrogen and oxygen atoms in total. The van der Waals surface area contributed by atoms with Crippen molar-refractivity contribution in [2.45, 2.75) is 0 Å². The molecule has 0 saturated heterocycles. The standard InChI is InChI=1S/C11H6ClO/c12-11-9(7-13)6-5-8-3-1-2-4-10(8)11/h1-6H. The molecular formula is C11H6ClO. The Morgan fingerprint density at radius 1 is 1.08 bits per heavy atom. The molecule has 1 radical (unpaired) electrons. The van der Waals surface area contributed by atoms with Crippen LogP contribution in [-0.2, 0) is 4.79 Å². The Hall–Kier alpha value is -1.34. The van der Waals surface area contributed by atoms with Crippen LogP contribution in [-0.4, -0.2) is 6.29 Å². The third-order valence-electron chi connectivity index (χ3n) is 1.97. The number of hydrogen-bond donors (Lipinski definition) is 0. The Kier molecular flexibility index (Phi) is 2.03. The second-order valence-corrected chi connectivity index (χ2v) is 3.13. The van der Waals surface area contributed by atoms with E-state index in [0.717, 1.165) is 10.8 Å². The van der Waals surface area contributed by atoms with Crippen molar-refractivity contribution in [3.63, 3.8) is 0 Å². The predicted molar refractivity (Wildman–Crippen MR) is 53.8 cm³/mol. The molecule has 63 valence electrons. The van der Waals surface area contributed by atoms with Crippen LogP contribution in [0.3, 0.4) is 0 Å². The number of hydrogen-bond acceptors (Lipinski definition) is 1. The summed E-state index contributed by atoms with van der Waals surface area (Å²) in [7, 11) is 0. The van der Waals surface area contributed by atoms with Crippen LogP contribution in [0.1, 0.15) is 5.56 Å². The van der Waals surface area contributed by atoms with Gasteiger partial charge in [0.05, 0.1) is 5.02 Å². The largest absolute Gasteiger partial charge is 0.285 e. The van der Waals surface area contributed by atoms with E-state index in [2.05, 4.69) is 0 Å². The maximum atomic E-state index is 10.5. The third kappa shape index (κ3) is 1.31. The second-order valence-electron chi connectivity index (χ2n) is 2.75.